The molecule has 9 heavy (non-hydrogen) atoms. The lowest BCUT2D eigenvalue weighted by molar-refractivity contribution is 0.842. The van der Waals surface area contributed by atoms with Crippen molar-refractivity contribution in [3.05, 3.63) is 0 Å². The maximum Gasteiger partial charge on any atom is 0.120 e. The first-order valence-corrected chi connectivity index (χ1v) is 8.25. The van der Waals surface area contributed by atoms with Gasteiger partial charge in [0.15, 0.2) is 0 Å². The first kappa shape index (κ1) is 9.70. The molecule has 0 heterocycles. The zero-order valence-corrected chi connectivity index (χ0v) is 9.56. The summed E-state index contributed by atoms with van der Waals surface area (Å²) in [6, 6.07) is 0. The third-order valence-electron chi connectivity index (χ3n) is 1.82. The van der Waals surface area contributed by atoms with Crippen molar-refractivity contribution in [2.75, 3.05) is 0 Å². The SMILES string of the molecule is CCC(C)[SiH](Br)C(C)C. The van der Waals surface area contributed by atoms with E-state index in [1.165, 1.54) is 6.42 Å². The molecule has 0 spiro atoms. The lowest BCUT2D eigenvalue weighted by Gasteiger charge is -2.17. The average molecular weight is 209 g/mol. The molecule has 0 aliphatic carbocycles. The fourth-order valence-corrected chi connectivity index (χ4v) is 3.77. The molecule has 0 aliphatic rings. The Morgan fingerprint density at radius 3 is 1.89 bits per heavy atom. The fraction of sp³-hybridized carbons (Fsp3) is 1.00. The molecule has 0 aromatic carbocycles. The van der Waals surface area contributed by atoms with E-state index in [0.29, 0.717) is 0 Å². The third kappa shape index (κ3) is 3.41. The van der Waals surface area contributed by atoms with E-state index in [0.717, 1.165) is 11.1 Å². The van der Waals surface area contributed by atoms with Crippen molar-refractivity contribution in [3.63, 3.8) is 0 Å². The summed E-state index contributed by atoms with van der Waals surface area (Å²) in [7, 11) is -0.557. The van der Waals surface area contributed by atoms with Gasteiger partial charge in [-0.1, -0.05) is 34.1 Å². The standard InChI is InChI=1S/C7H17BrSi/c1-5-7(4)9(8)6(2)3/h6-7,9H,5H2,1-4H3. The molecule has 0 amide bonds. The average Bonchev–Trinajstić information content (AvgIpc) is 1.84. The Hall–Kier alpha value is 0.697. The minimum atomic E-state index is -0.557. The molecule has 0 aromatic rings. The molecule has 0 N–H and O–H groups in total. The Labute approximate surface area is 68.2 Å². The molecular weight excluding hydrogens is 192 g/mol. The summed E-state index contributed by atoms with van der Waals surface area (Å²) >= 11 is 3.81. The second kappa shape index (κ2) is 4.50. The second-order valence-corrected chi connectivity index (χ2v) is 9.61. The number of hydrogen-bond donors (Lipinski definition) is 0. The second-order valence-electron chi connectivity index (χ2n) is 3.07. The lowest BCUT2D eigenvalue weighted by Crippen LogP contribution is -2.13. The summed E-state index contributed by atoms with van der Waals surface area (Å²) in [5, 5.41) is 0. The molecular formula is C7H17BrSi. The van der Waals surface area contributed by atoms with Gasteiger partial charge in [-0.3, -0.25) is 0 Å². The van der Waals surface area contributed by atoms with Crippen LogP contribution in [-0.4, -0.2) is 7.42 Å². The molecule has 2 atom stereocenters. The lowest BCUT2D eigenvalue weighted by atomic mass is 10.4. The highest BCUT2D eigenvalue weighted by atomic mass is 79.9. The van der Waals surface area contributed by atoms with E-state index in [-0.39, 0.29) is 0 Å². The minimum absolute atomic E-state index is 0.557. The van der Waals surface area contributed by atoms with Crippen LogP contribution >= 0.6 is 15.3 Å². The normalized spacial score (nSPS) is 18.0. The Bertz CT molecular complexity index is 73.3. The molecule has 0 radical (unpaired) electrons. The van der Waals surface area contributed by atoms with Gasteiger partial charge in [0.25, 0.3) is 0 Å². The van der Waals surface area contributed by atoms with Gasteiger partial charge in [-0.2, -0.15) is 0 Å². The van der Waals surface area contributed by atoms with Crippen LogP contribution in [0.1, 0.15) is 34.1 Å². The summed E-state index contributed by atoms with van der Waals surface area (Å²) in [5.74, 6) is 0. The summed E-state index contributed by atoms with van der Waals surface area (Å²) < 4.78 is 0. The summed E-state index contributed by atoms with van der Waals surface area (Å²) in [5.41, 5.74) is 1.85. The van der Waals surface area contributed by atoms with E-state index < -0.39 is 7.42 Å². The highest BCUT2D eigenvalue weighted by Gasteiger charge is 2.17. The molecule has 2 heteroatoms. The van der Waals surface area contributed by atoms with Gasteiger partial charge in [-0.15, -0.1) is 15.3 Å². The smallest absolute Gasteiger partial charge is 0.120 e. The van der Waals surface area contributed by atoms with Gasteiger partial charge >= 0.3 is 0 Å². The van der Waals surface area contributed by atoms with Crippen LogP contribution in [0.3, 0.4) is 0 Å². The van der Waals surface area contributed by atoms with Crippen LogP contribution in [0.2, 0.25) is 11.1 Å². The highest BCUT2D eigenvalue weighted by Crippen LogP contribution is 2.27. The molecule has 0 aliphatic heterocycles. The molecule has 0 fully saturated rings. The molecule has 0 aromatic heterocycles. The van der Waals surface area contributed by atoms with Crippen LogP contribution in [0, 0.1) is 0 Å². The van der Waals surface area contributed by atoms with E-state index in [4.69, 9.17) is 0 Å². The van der Waals surface area contributed by atoms with Crippen molar-refractivity contribution in [2.24, 2.45) is 0 Å². The molecule has 2 unspecified atom stereocenters. The van der Waals surface area contributed by atoms with Gasteiger partial charge in [0.1, 0.15) is 7.42 Å². The predicted molar refractivity (Wildman–Crippen MR) is 50.9 cm³/mol. The Kier molecular flexibility index (Phi) is 4.85. The first-order valence-electron chi connectivity index (χ1n) is 3.73. The van der Waals surface area contributed by atoms with Crippen molar-refractivity contribution < 1.29 is 0 Å². The van der Waals surface area contributed by atoms with E-state index in [1.54, 1.807) is 0 Å². The van der Waals surface area contributed by atoms with Crippen LogP contribution in [0.15, 0.2) is 0 Å². The molecule has 0 nitrogen and oxygen atoms in total. The largest absolute Gasteiger partial charge is 0.130 e. The van der Waals surface area contributed by atoms with Crippen molar-refractivity contribution in [3.8, 4) is 0 Å². The molecule has 0 bridgehead atoms. The van der Waals surface area contributed by atoms with Crippen LogP contribution < -0.4 is 0 Å². The van der Waals surface area contributed by atoms with Crippen LogP contribution in [0.25, 0.3) is 0 Å². The van der Waals surface area contributed by atoms with Crippen molar-refractivity contribution in [1.82, 2.24) is 0 Å². The van der Waals surface area contributed by atoms with Crippen LogP contribution in [-0.2, 0) is 0 Å². The van der Waals surface area contributed by atoms with Crippen molar-refractivity contribution in [2.45, 2.75) is 45.2 Å². The number of rotatable bonds is 3. The molecule has 0 rings (SSSR count). The summed E-state index contributed by atoms with van der Waals surface area (Å²) in [6.45, 7) is 9.26. The van der Waals surface area contributed by atoms with E-state index in [1.807, 2.05) is 0 Å². The minimum Gasteiger partial charge on any atom is -0.130 e. The number of hydrogen-bond acceptors (Lipinski definition) is 0. The predicted octanol–water partition coefficient (Wildman–Crippen LogP) is 3.32. The van der Waals surface area contributed by atoms with Crippen LogP contribution in [0.5, 0.6) is 0 Å². The maximum absolute atomic E-state index is 3.81. The monoisotopic (exact) mass is 208 g/mol. The Morgan fingerprint density at radius 1 is 1.33 bits per heavy atom. The highest BCUT2D eigenvalue weighted by molar-refractivity contribution is 9.24. The van der Waals surface area contributed by atoms with Crippen molar-refractivity contribution >= 4 is 22.7 Å². The quantitative estimate of drug-likeness (QED) is 0.494. The van der Waals surface area contributed by atoms with Gasteiger partial charge in [0.2, 0.25) is 0 Å². The maximum atomic E-state index is 3.81. The zero-order valence-electron chi connectivity index (χ0n) is 6.82. The molecule has 0 saturated heterocycles. The van der Waals surface area contributed by atoms with E-state index >= 15 is 0 Å². The Morgan fingerprint density at radius 2 is 1.78 bits per heavy atom. The van der Waals surface area contributed by atoms with Gasteiger partial charge in [-0.25, -0.2) is 0 Å². The van der Waals surface area contributed by atoms with E-state index in [2.05, 4.69) is 43.0 Å². The first-order chi connectivity index (χ1) is 4.09. The number of halogens is 1. The topological polar surface area (TPSA) is 0 Å². The van der Waals surface area contributed by atoms with Crippen molar-refractivity contribution in [1.29, 1.82) is 0 Å². The molecule has 56 valence electrons. The van der Waals surface area contributed by atoms with Gasteiger partial charge < -0.3 is 0 Å². The van der Waals surface area contributed by atoms with E-state index in [9.17, 15) is 0 Å². The van der Waals surface area contributed by atoms with Crippen LogP contribution in [0.4, 0.5) is 0 Å². The third-order valence-corrected chi connectivity index (χ3v) is 10.5. The zero-order chi connectivity index (χ0) is 7.44. The molecule has 0 saturated carbocycles. The fourth-order valence-electron chi connectivity index (χ4n) is 0.882. The Balaban J connectivity index is 3.58. The summed E-state index contributed by atoms with van der Waals surface area (Å²) in [6.07, 6.45) is 1.33. The summed E-state index contributed by atoms with van der Waals surface area (Å²) in [4.78, 5) is 0. The van der Waals surface area contributed by atoms with Gasteiger partial charge in [0, 0.05) is 0 Å². The van der Waals surface area contributed by atoms with Gasteiger partial charge in [0.05, 0.1) is 0 Å². The van der Waals surface area contributed by atoms with Gasteiger partial charge in [-0.05, 0) is 11.1 Å².